The third-order valence-electron chi connectivity index (χ3n) is 2.04. The molecule has 0 aliphatic carbocycles. The maximum atomic E-state index is 10.9. The highest BCUT2D eigenvalue weighted by molar-refractivity contribution is 7.99. The molecule has 88 valence electrons. The first-order chi connectivity index (χ1) is 8.06. The molecule has 0 amide bonds. The monoisotopic (exact) mass is 250 g/mol. The molecule has 0 aromatic carbocycles. The normalized spacial score (nSPS) is 10.5. The van der Waals surface area contributed by atoms with Crippen LogP contribution in [0.3, 0.4) is 0 Å². The van der Waals surface area contributed by atoms with Crippen molar-refractivity contribution in [3.05, 3.63) is 29.7 Å². The summed E-state index contributed by atoms with van der Waals surface area (Å²) in [5.41, 5.74) is 0.886. The summed E-state index contributed by atoms with van der Waals surface area (Å²) in [6, 6.07) is 3.05. The second-order valence-electron chi connectivity index (χ2n) is 3.47. The minimum atomic E-state index is -0.963. The third-order valence-corrected chi connectivity index (χ3v) is 3.01. The first kappa shape index (κ1) is 11.6. The lowest BCUT2D eigenvalue weighted by Gasteiger charge is -2.03. The number of hydrogen-bond donors (Lipinski definition) is 1. The van der Waals surface area contributed by atoms with Gasteiger partial charge in [-0.1, -0.05) is 0 Å². The van der Waals surface area contributed by atoms with Gasteiger partial charge in [0.1, 0.15) is 11.4 Å². The summed E-state index contributed by atoms with van der Waals surface area (Å²) in [6.07, 6.45) is 1.58. The fraction of sp³-hybridized carbons (Fsp3) is 0.200. The van der Waals surface area contributed by atoms with Gasteiger partial charge in [-0.25, -0.2) is 9.78 Å². The summed E-state index contributed by atoms with van der Waals surface area (Å²) in [7, 11) is 1.82. The minimum absolute atomic E-state index is 0.224. The van der Waals surface area contributed by atoms with E-state index >= 15 is 0 Å². The standard InChI is InChI=1S/C10H10N4O2S/c1-6-3-7(9(15)16)4-8(12-6)17-10-13-11-5-14(10)2/h3-5H,1-2H3,(H,15,16). The average molecular weight is 250 g/mol. The molecule has 0 saturated heterocycles. The second-order valence-corrected chi connectivity index (χ2v) is 4.45. The first-order valence-electron chi connectivity index (χ1n) is 4.80. The number of aryl methyl sites for hydroxylation is 2. The zero-order valence-electron chi connectivity index (χ0n) is 9.28. The van der Waals surface area contributed by atoms with Gasteiger partial charge in [-0.2, -0.15) is 0 Å². The molecule has 0 fully saturated rings. The van der Waals surface area contributed by atoms with Gasteiger partial charge < -0.3 is 9.67 Å². The van der Waals surface area contributed by atoms with E-state index in [0.717, 1.165) is 0 Å². The SMILES string of the molecule is Cc1cc(C(=O)O)cc(Sc2nncn2C)n1. The molecule has 0 bridgehead atoms. The van der Waals surface area contributed by atoms with Crippen LogP contribution in [0.5, 0.6) is 0 Å². The molecule has 2 aromatic rings. The number of carboxylic acid groups (broad SMARTS) is 1. The number of aromatic nitrogens is 4. The lowest BCUT2D eigenvalue weighted by molar-refractivity contribution is 0.0696. The van der Waals surface area contributed by atoms with E-state index in [2.05, 4.69) is 15.2 Å². The van der Waals surface area contributed by atoms with Crippen LogP contribution in [0.2, 0.25) is 0 Å². The Morgan fingerprint density at radius 3 is 2.82 bits per heavy atom. The molecule has 2 rings (SSSR count). The molecule has 17 heavy (non-hydrogen) atoms. The molecule has 0 atom stereocenters. The van der Waals surface area contributed by atoms with Crippen LogP contribution >= 0.6 is 11.8 Å². The van der Waals surface area contributed by atoms with E-state index in [4.69, 9.17) is 5.11 Å². The fourth-order valence-electron chi connectivity index (χ4n) is 1.27. The van der Waals surface area contributed by atoms with Crippen molar-refractivity contribution < 1.29 is 9.90 Å². The van der Waals surface area contributed by atoms with Crippen molar-refractivity contribution in [2.24, 2.45) is 7.05 Å². The van der Waals surface area contributed by atoms with E-state index < -0.39 is 5.97 Å². The molecular formula is C10H10N4O2S. The molecule has 0 unspecified atom stereocenters. The van der Waals surface area contributed by atoms with E-state index in [-0.39, 0.29) is 5.56 Å². The van der Waals surface area contributed by atoms with Crippen LogP contribution in [0, 0.1) is 6.92 Å². The van der Waals surface area contributed by atoms with Gasteiger partial charge in [0.05, 0.1) is 5.56 Å². The van der Waals surface area contributed by atoms with E-state index in [1.54, 1.807) is 17.8 Å². The zero-order valence-corrected chi connectivity index (χ0v) is 10.1. The number of hydrogen-bond acceptors (Lipinski definition) is 5. The number of carbonyl (C=O) groups is 1. The predicted molar refractivity (Wildman–Crippen MR) is 61.1 cm³/mol. The largest absolute Gasteiger partial charge is 0.478 e. The van der Waals surface area contributed by atoms with Crippen molar-refractivity contribution in [2.45, 2.75) is 17.1 Å². The molecular weight excluding hydrogens is 240 g/mol. The summed E-state index contributed by atoms with van der Waals surface area (Å²) in [5.74, 6) is -0.963. The van der Waals surface area contributed by atoms with E-state index in [0.29, 0.717) is 15.9 Å². The maximum absolute atomic E-state index is 10.9. The summed E-state index contributed by atoms with van der Waals surface area (Å²) < 4.78 is 1.75. The highest BCUT2D eigenvalue weighted by Crippen LogP contribution is 2.24. The van der Waals surface area contributed by atoms with Gasteiger partial charge in [0.15, 0.2) is 5.16 Å². The van der Waals surface area contributed by atoms with E-state index in [1.165, 1.54) is 23.9 Å². The topological polar surface area (TPSA) is 80.9 Å². The van der Waals surface area contributed by atoms with Crippen LogP contribution in [-0.4, -0.2) is 30.8 Å². The Labute approximate surface area is 102 Å². The lowest BCUT2D eigenvalue weighted by Crippen LogP contribution is -1.99. The highest BCUT2D eigenvalue weighted by Gasteiger charge is 2.10. The minimum Gasteiger partial charge on any atom is -0.478 e. The first-order valence-corrected chi connectivity index (χ1v) is 5.62. The Morgan fingerprint density at radius 2 is 2.24 bits per heavy atom. The number of pyridine rings is 1. The van der Waals surface area contributed by atoms with Crippen molar-refractivity contribution in [1.82, 2.24) is 19.7 Å². The van der Waals surface area contributed by atoms with Crippen LogP contribution in [0.15, 0.2) is 28.6 Å². The van der Waals surface area contributed by atoms with Gasteiger partial charge in [-0.05, 0) is 30.8 Å². The molecule has 6 nitrogen and oxygen atoms in total. The van der Waals surface area contributed by atoms with Crippen molar-refractivity contribution in [1.29, 1.82) is 0 Å². The third kappa shape index (κ3) is 2.62. The lowest BCUT2D eigenvalue weighted by atomic mass is 10.2. The Balaban J connectivity index is 2.33. The van der Waals surface area contributed by atoms with Gasteiger partial charge >= 0.3 is 5.97 Å². The Bertz CT molecular complexity index is 567. The smallest absolute Gasteiger partial charge is 0.335 e. The average Bonchev–Trinajstić information content (AvgIpc) is 2.63. The van der Waals surface area contributed by atoms with E-state index in [1.807, 2.05) is 7.05 Å². The number of nitrogens with zero attached hydrogens (tertiary/aromatic N) is 4. The van der Waals surface area contributed by atoms with Crippen molar-refractivity contribution in [3.63, 3.8) is 0 Å². The Hall–Kier alpha value is -1.89. The molecule has 2 aromatic heterocycles. The quantitative estimate of drug-likeness (QED) is 0.886. The molecule has 0 radical (unpaired) electrons. The molecule has 2 heterocycles. The van der Waals surface area contributed by atoms with E-state index in [9.17, 15) is 4.79 Å². The molecule has 7 heteroatoms. The van der Waals surface area contributed by atoms with Crippen LogP contribution in [0.4, 0.5) is 0 Å². The van der Waals surface area contributed by atoms with Crippen LogP contribution in [-0.2, 0) is 7.05 Å². The highest BCUT2D eigenvalue weighted by atomic mass is 32.2. The molecule has 0 aliphatic rings. The van der Waals surface area contributed by atoms with Gasteiger partial charge in [0, 0.05) is 12.7 Å². The van der Waals surface area contributed by atoms with Crippen molar-refractivity contribution in [3.8, 4) is 0 Å². The predicted octanol–water partition coefficient (Wildman–Crippen LogP) is 1.37. The van der Waals surface area contributed by atoms with Crippen molar-refractivity contribution in [2.75, 3.05) is 0 Å². The molecule has 0 aliphatic heterocycles. The van der Waals surface area contributed by atoms with Crippen LogP contribution in [0.25, 0.3) is 0 Å². The Kier molecular flexibility index (Phi) is 3.10. The maximum Gasteiger partial charge on any atom is 0.335 e. The second kappa shape index (κ2) is 4.54. The summed E-state index contributed by atoms with van der Waals surface area (Å²) in [4.78, 5) is 15.2. The summed E-state index contributed by atoms with van der Waals surface area (Å²) in [5, 5.41) is 17.9. The molecule has 0 spiro atoms. The molecule has 1 N–H and O–H groups in total. The van der Waals surface area contributed by atoms with Crippen molar-refractivity contribution >= 4 is 17.7 Å². The van der Waals surface area contributed by atoms with Gasteiger partial charge in [0.25, 0.3) is 0 Å². The summed E-state index contributed by atoms with van der Waals surface area (Å²) >= 11 is 1.28. The van der Waals surface area contributed by atoms with Crippen LogP contribution in [0.1, 0.15) is 16.1 Å². The Morgan fingerprint density at radius 1 is 1.47 bits per heavy atom. The number of aromatic carboxylic acids is 1. The summed E-state index contributed by atoms with van der Waals surface area (Å²) in [6.45, 7) is 1.76. The van der Waals surface area contributed by atoms with Crippen LogP contribution < -0.4 is 0 Å². The number of carboxylic acids is 1. The van der Waals surface area contributed by atoms with Gasteiger partial charge in [0.2, 0.25) is 0 Å². The number of rotatable bonds is 3. The molecule has 0 saturated carbocycles. The van der Waals surface area contributed by atoms with Gasteiger partial charge in [-0.3, -0.25) is 0 Å². The van der Waals surface area contributed by atoms with Gasteiger partial charge in [-0.15, -0.1) is 10.2 Å². The zero-order chi connectivity index (χ0) is 12.4. The fourth-order valence-corrected chi connectivity index (χ4v) is 2.11.